The van der Waals surface area contributed by atoms with Gasteiger partial charge in [0.15, 0.2) is 0 Å². The van der Waals surface area contributed by atoms with Crippen molar-refractivity contribution in [3.63, 3.8) is 0 Å². The number of carbonyl (C=O) groups excluding carboxylic acids is 1. The smallest absolute Gasteiger partial charge is 0.257 e. The van der Waals surface area contributed by atoms with Crippen LogP contribution >= 0.6 is 31.9 Å². The fourth-order valence-electron chi connectivity index (χ4n) is 2.09. The lowest BCUT2D eigenvalue weighted by Gasteiger charge is -2.30. The van der Waals surface area contributed by atoms with Crippen LogP contribution in [0, 0.1) is 5.82 Å². The van der Waals surface area contributed by atoms with Crippen LogP contribution in [0.2, 0.25) is 0 Å². The van der Waals surface area contributed by atoms with E-state index in [9.17, 15) is 9.18 Å². The molecule has 0 atom stereocenters. The fraction of sp³-hybridized carbons (Fsp3) is 0.500. The molecule has 2 nitrogen and oxygen atoms in total. The zero-order chi connectivity index (χ0) is 14.4. The van der Waals surface area contributed by atoms with Crippen LogP contribution in [0.3, 0.4) is 0 Å². The molecule has 0 aliphatic heterocycles. The summed E-state index contributed by atoms with van der Waals surface area (Å²) in [6.45, 7) is 4.66. The predicted octanol–water partition coefficient (Wildman–Crippen LogP) is 4.61. The van der Waals surface area contributed by atoms with Gasteiger partial charge in [0.25, 0.3) is 5.91 Å². The summed E-state index contributed by atoms with van der Waals surface area (Å²) < 4.78 is 14.3. The first-order valence-corrected chi connectivity index (χ1v) is 8.29. The molecule has 5 heteroatoms. The SMILES string of the molecule is CCC(CC)N(CCBr)C(=O)c1cccc(Br)c1F. The molecule has 0 aromatic heterocycles. The Bertz CT molecular complexity index is 435. The number of benzene rings is 1. The van der Waals surface area contributed by atoms with E-state index in [1.165, 1.54) is 6.07 Å². The van der Waals surface area contributed by atoms with Crippen molar-refractivity contribution in [1.29, 1.82) is 0 Å². The molecule has 19 heavy (non-hydrogen) atoms. The Kier molecular flexibility index (Phi) is 7.00. The van der Waals surface area contributed by atoms with Gasteiger partial charge in [0, 0.05) is 17.9 Å². The summed E-state index contributed by atoms with van der Waals surface area (Å²) in [6.07, 6.45) is 1.73. The highest BCUT2D eigenvalue weighted by Crippen LogP contribution is 2.22. The summed E-state index contributed by atoms with van der Waals surface area (Å²) in [5.74, 6) is -0.732. The monoisotopic (exact) mass is 393 g/mol. The predicted molar refractivity (Wildman–Crippen MR) is 83.3 cm³/mol. The van der Waals surface area contributed by atoms with Gasteiger partial charge in [0.1, 0.15) is 5.82 Å². The molecular weight excluding hydrogens is 377 g/mol. The Hall–Kier alpha value is -0.420. The van der Waals surface area contributed by atoms with Crippen molar-refractivity contribution in [2.24, 2.45) is 0 Å². The minimum absolute atomic E-state index is 0.127. The van der Waals surface area contributed by atoms with Crippen LogP contribution in [0.4, 0.5) is 4.39 Å². The van der Waals surface area contributed by atoms with E-state index in [0.29, 0.717) is 16.3 Å². The van der Waals surface area contributed by atoms with Crippen molar-refractivity contribution in [3.8, 4) is 0 Å². The number of alkyl halides is 1. The number of halogens is 3. The minimum Gasteiger partial charge on any atom is -0.335 e. The first-order chi connectivity index (χ1) is 9.06. The number of hydrogen-bond donors (Lipinski definition) is 0. The van der Waals surface area contributed by atoms with Gasteiger partial charge in [0.2, 0.25) is 0 Å². The van der Waals surface area contributed by atoms with Crippen LogP contribution in [0.15, 0.2) is 22.7 Å². The number of rotatable bonds is 6. The van der Waals surface area contributed by atoms with Crippen LogP contribution in [0.5, 0.6) is 0 Å². The lowest BCUT2D eigenvalue weighted by Crippen LogP contribution is -2.41. The molecule has 0 fully saturated rings. The Morgan fingerprint density at radius 2 is 2.00 bits per heavy atom. The second-order valence-corrected chi connectivity index (χ2v) is 5.91. The van der Waals surface area contributed by atoms with Gasteiger partial charge in [-0.15, -0.1) is 0 Å². The van der Waals surface area contributed by atoms with Crippen molar-refractivity contribution in [3.05, 3.63) is 34.1 Å². The van der Waals surface area contributed by atoms with Crippen LogP contribution in [0.25, 0.3) is 0 Å². The second-order valence-electron chi connectivity index (χ2n) is 4.26. The molecule has 0 saturated carbocycles. The molecule has 1 amide bonds. The van der Waals surface area contributed by atoms with Crippen LogP contribution in [0.1, 0.15) is 37.0 Å². The summed E-state index contributed by atoms with van der Waals surface area (Å²) in [6, 6.07) is 4.95. The molecule has 0 aliphatic rings. The third-order valence-electron chi connectivity index (χ3n) is 3.15. The summed E-state index contributed by atoms with van der Waals surface area (Å²) in [7, 11) is 0. The molecule has 0 unspecified atom stereocenters. The largest absolute Gasteiger partial charge is 0.335 e. The van der Waals surface area contributed by atoms with Gasteiger partial charge in [-0.1, -0.05) is 35.8 Å². The molecule has 0 saturated heterocycles. The topological polar surface area (TPSA) is 20.3 Å². The highest BCUT2D eigenvalue weighted by molar-refractivity contribution is 9.10. The summed E-state index contributed by atoms with van der Waals surface area (Å²) >= 11 is 6.47. The van der Waals surface area contributed by atoms with E-state index in [1.54, 1.807) is 17.0 Å². The molecule has 106 valence electrons. The Morgan fingerprint density at radius 1 is 1.37 bits per heavy atom. The van der Waals surface area contributed by atoms with Crippen LogP contribution in [-0.2, 0) is 0 Å². The molecular formula is C14H18Br2FNO. The van der Waals surface area contributed by atoms with Crippen molar-refractivity contribution in [1.82, 2.24) is 4.90 Å². The number of hydrogen-bond acceptors (Lipinski definition) is 1. The number of carbonyl (C=O) groups is 1. The summed E-state index contributed by atoms with van der Waals surface area (Å²) in [5, 5.41) is 0.685. The van der Waals surface area contributed by atoms with E-state index >= 15 is 0 Å². The summed E-state index contributed by atoms with van der Waals surface area (Å²) in [4.78, 5) is 14.3. The standard InChI is InChI=1S/C14H18Br2FNO/c1-3-10(4-2)18(9-8-15)14(19)11-6-5-7-12(16)13(11)17/h5-7,10H,3-4,8-9H2,1-2H3. The third-order valence-corrected chi connectivity index (χ3v) is 4.12. The van der Waals surface area contributed by atoms with E-state index in [0.717, 1.165) is 12.8 Å². The molecule has 1 aromatic rings. The first kappa shape index (κ1) is 16.6. The van der Waals surface area contributed by atoms with Gasteiger partial charge in [-0.05, 0) is 40.9 Å². The highest BCUT2D eigenvalue weighted by Gasteiger charge is 2.24. The van der Waals surface area contributed by atoms with Crippen LogP contribution in [-0.4, -0.2) is 28.7 Å². The quantitative estimate of drug-likeness (QED) is 0.645. The van der Waals surface area contributed by atoms with Crippen molar-refractivity contribution in [2.45, 2.75) is 32.7 Å². The maximum absolute atomic E-state index is 14.0. The van der Waals surface area contributed by atoms with Gasteiger partial charge < -0.3 is 4.90 Å². The zero-order valence-corrected chi connectivity index (χ0v) is 14.3. The van der Waals surface area contributed by atoms with Crippen molar-refractivity contribution in [2.75, 3.05) is 11.9 Å². The maximum Gasteiger partial charge on any atom is 0.257 e. The minimum atomic E-state index is -0.488. The molecule has 0 spiro atoms. The lowest BCUT2D eigenvalue weighted by atomic mass is 10.1. The number of nitrogens with zero attached hydrogens (tertiary/aromatic N) is 1. The average molecular weight is 395 g/mol. The second kappa shape index (κ2) is 8.00. The van der Waals surface area contributed by atoms with Gasteiger partial charge in [-0.2, -0.15) is 0 Å². The van der Waals surface area contributed by atoms with E-state index in [1.807, 2.05) is 13.8 Å². The molecule has 0 N–H and O–H groups in total. The van der Waals surface area contributed by atoms with E-state index in [-0.39, 0.29) is 17.5 Å². The van der Waals surface area contributed by atoms with Crippen LogP contribution < -0.4 is 0 Å². The van der Waals surface area contributed by atoms with Gasteiger partial charge >= 0.3 is 0 Å². The Balaban J connectivity index is 3.08. The van der Waals surface area contributed by atoms with E-state index in [2.05, 4.69) is 31.9 Å². The highest BCUT2D eigenvalue weighted by atomic mass is 79.9. The average Bonchev–Trinajstić information content (AvgIpc) is 2.41. The molecule has 0 heterocycles. The Morgan fingerprint density at radius 3 is 2.53 bits per heavy atom. The Labute approximate surface area is 130 Å². The van der Waals surface area contributed by atoms with Gasteiger partial charge in [-0.3, -0.25) is 4.79 Å². The van der Waals surface area contributed by atoms with Gasteiger partial charge in [0.05, 0.1) is 10.0 Å². The van der Waals surface area contributed by atoms with Crippen molar-refractivity contribution >= 4 is 37.8 Å². The fourth-order valence-corrected chi connectivity index (χ4v) is 2.84. The van der Waals surface area contributed by atoms with E-state index in [4.69, 9.17) is 0 Å². The van der Waals surface area contributed by atoms with Gasteiger partial charge in [-0.25, -0.2) is 4.39 Å². The lowest BCUT2D eigenvalue weighted by molar-refractivity contribution is 0.0678. The molecule has 1 rings (SSSR count). The molecule has 0 bridgehead atoms. The third kappa shape index (κ3) is 4.02. The molecule has 0 aliphatic carbocycles. The normalized spacial score (nSPS) is 10.8. The summed E-state index contributed by atoms with van der Waals surface area (Å²) in [5.41, 5.74) is 0.127. The maximum atomic E-state index is 14.0. The zero-order valence-electron chi connectivity index (χ0n) is 11.1. The van der Waals surface area contributed by atoms with E-state index < -0.39 is 5.82 Å². The molecule has 1 aromatic carbocycles. The number of amides is 1. The first-order valence-electron chi connectivity index (χ1n) is 6.37. The van der Waals surface area contributed by atoms with Crippen molar-refractivity contribution < 1.29 is 9.18 Å². The molecule has 0 radical (unpaired) electrons.